The minimum atomic E-state index is -3.59. The summed E-state index contributed by atoms with van der Waals surface area (Å²) in [5.41, 5.74) is 1.00. The number of ether oxygens (including phenoxy) is 1. The Bertz CT molecular complexity index is 859. The first-order valence-corrected chi connectivity index (χ1v) is 9.77. The SMILES string of the molecule is C[C@@H]1CN(S(=O)(=O)c2ccc(NC(=O)c3ccncc3)cc2)C[C@@H](C)O1. The van der Waals surface area contributed by atoms with Crippen LogP contribution in [0.15, 0.2) is 53.7 Å². The van der Waals surface area contributed by atoms with E-state index in [9.17, 15) is 13.2 Å². The summed E-state index contributed by atoms with van der Waals surface area (Å²) >= 11 is 0. The van der Waals surface area contributed by atoms with Crippen molar-refractivity contribution < 1.29 is 17.9 Å². The van der Waals surface area contributed by atoms with E-state index < -0.39 is 10.0 Å². The highest BCUT2D eigenvalue weighted by atomic mass is 32.2. The van der Waals surface area contributed by atoms with Crippen LogP contribution in [-0.2, 0) is 14.8 Å². The van der Waals surface area contributed by atoms with Crippen molar-refractivity contribution in [1.29, 1.82) is 0 Å². The molecular weight excluding hydrogens is 354 g/mol. The van der Waals surface area contributed by atoms with E-state index in [-0.39, 0.29) is 23.0 Å². The van der Waals surface area contributed by atoms with Crippen molar-refractivity contribution >= 4 is 21.6 Å². The molecule has 0 saturated carbocycles. The maximum absolute atomic E-state index is 12.8. The Morgan fingerprint density at radius 2 is 1.65 bits per heavy atom. The molecule has 1 aliphatic rings. The molecule has 2 aromatic rings. The lowest BCUT2D eigenvalue weighted by atomic mass is 10.2. The van der Waals surface area contributed by atoms with Crippen LogP contribution in [0.4, 0.5) is 5.69 Å². The van der Waals surface area contributed by atoms with Crippen molar-refractivity contribution in [3.8, 4) is 0 Å². The summed E-state index contributed by atoms with van der Waals surface area (Å²) in [6.07, 6.45) is 2.78. The van der Waals surface area contributed by atoms with Crippen molar-refractivity contribution in [2.24, 2.45) is 0 Å². The lowest BCUT2D eigenvalue weighted by molar-refractivity contribution is -0.0440. The first kappa shape index (κ1) is 18.5. The van der Waals surface area contributed by atoms with Gasteiger partial charge in [0.15, 0.2) is 0 Å². The maximum Gasteiger partial charge on any atom is 0.255 e. The number of amides is 1. The van der Waals surface area contributed by atoms with E-state index >= 15 is 0 Å². The Labute approximate surface area is 153 Å². The van der Waals surface area contributed by atoms with E-state index in [0.717, 1.165) is 0 Å². The highest BCUT2D eigenvalue weighted by molar-refractivity contribution is 7.89. The number of aromatic nitrogens is 1. The minimum absolute atomic E-state index is 0.146. The fraction of sp³-hybridized carbons (Fsp3) is 0.333. The third-order valence-corrected chi connectivity index (χ3v) is 5.92. The quantitative estimate of drug-likeness (QED) is 0.884. The predicted octanol–water partition coefficient (Wildman–Crippen LogP) is 2.13. The minimum Gasteiger partial charge on any atom is -0.373 e. The van der Waals surface area contributed by atoms with Crippen molar-refractivity contribution in [3.63, 3.8) is 0 Å². The summed E-state index contributed by atoms with van der Waals surface area (Å²) in [5, 5.41) is 2.74. The number of sulfonamides is 1. The Morgan fingerprint density at radius 3 is 2.23 bits per heavy atom. The molecule has 0 spiro atoms. The summed E-state index contributed by atoms with van der Waals surface area (Å²) in [7, 11) is -3.59. The number of rotatable bonds is 4. The van der Waals surface area contributed by atoms with E-state index in [1.807, 2.05) is 13.8 Å². The zero-order chi connectivity index (χ0) is 18.7. The first-order valence-electron chi connectivity index (χ1n) is 8.33. The van der Waals surface area contributed by atoms with Gasteiger partial charge >= 0.3 is 0 Å². The molecule has 0 radical (unpaired) electrons. The third-order valence-electron chi connectivity index (χ3n) is 4.08. The van der Waals surface area contributed by atoms with Crippen LogP contribution in [0.2, 0.25) is 0 Å². The Hall–Kier alpha value is -2.29. The van der Waals surface area contributed by atoms with Gasteiger partial charge in [-0.3, -0.25) is 9.78 Å². The lowest BCUT2D eigenvalue weighted by Crippen LogP contribution is -2.48. The number of nitrogens with zero attached hydrogens (tertiary/aromatic N) is 2. The van der Waals surface area contributed by atoms with Crippen molar-refractivity contribution in [2.75, 3.05) is 18.4 Å². The van der Waals surface area contributed by atoms with Gasteiger partial charge in [-0.15, -0.1) is 0 Å². The van der Waals surface area contributed by atoms with Crippen LogP contribution in [0.5, 0.6) is 0 Å². The van der Waals surface area contributed by atoms with Gasteiger partial charge in [-0.25, -0.2) is 8.42 Å². The first-order chi connectivity index (χ1) is 12.4. The highest BCUT2D eigenvalue weighted by Gasteiger charge is 2.32. The second-order valence-electron chi connectivity index (χ2n) is 6.29. The highest BCUT2D eigenvalue weighted by Crippen LogP contribution is 2.22. The second-order valence-corrected chi connectivity index (χ2v) is 8.23. The zero-order valence-electron chi connectivity index (χ0n) is 14.6. The van der Waals surface area contributed by atoms with E-state index in [0.29, 0.717) is 24.3 Å². The smallest absolute Gasteiger partial charge is 0.255 e. The number of pyridine rings is 1. The molecule has 0 aliphatic carbocycles. The van der Waals surface area contributed by atoms with Crippen LogP contribution in [0.1, 0.15) is 24.2 Å². The lowest BCUT2D eigenvalue weighted by Gasteiger charge is -2.34. The molecule has 0 unspecified atom stereocenters. The number of anilines is 1. The third kappa shape index (κ3) is 4.09. The molecule has 8 heteroatoms. The number of carbonyl (C=O) groups excluding carboxylic acids is 1. The van der Waals surface area contributed by atoms with E-state index in [2.05, 4.69) is 10.3 Å². The molecule has 3 rings (SSSR count). The molecule has 1 fully saturated rings. The van der Waals surface area contributed by atoms with Gasteiger partial charge < -0.3 is 10.1 Å². The number of nitrogens with one attached hydrogen (secondary N) is 1. The predicted molar refractivity (Wildman–Crippen MR) is 97.4 cm³/mol. The average Bonchev–Trinajstić information content (AvgIpc) is 2.62. The van der Waals surface area contributed by atoms with Gasteiger partial charge in [-0.05, 0) is 50.2 Å². The van der Waals surface area contributed by atoms with Crippen LogP contribution in [0.25, 0.3) is 0 Å². The average molecular weight is 375 g/mol. The molecule has 7 nitrogen and oxygen atoms in total. The Balaban J connectivity index is 1.73. The largest absolute Gasteiger partial charge is 0.373 e. The van der Waals surface area contributed by atoms with Gasteiger partial charge in [-0.2, -0.15) is 4.31 Å². The molecule has 138 valence electrons. The summed E-state index contributed by atoms with van der Waals surface area (Å²) in [6.45, 7) is 4.37. The topological polar surface area (TPSA) is 88.6 Å². The van der Waals surface area contributed by atoms with E-state index in [1.165, 1.54) is 28.8 Å². The van der Waals surface area contributed by atoms with Crippen LogP contribution in [-0.4, -0.2) is 48.9 Å². The normalized spacial score (nSPS) is 21.3. The van der Waals surface area contributed by atoms with Crippen molar-refractivity contribution in [3.05, 3.63) is 54.4 Å². The Morgan fingerprint density at radius 1 is 1.08 bits per heavy atom. The van der Waals surface area contributed by atoms with E-state index in [1.54, 1.807) is 24.3 Å². The molecule has 0 bridgehead atoms. The fourth-order valence-electron chi connectivity index (χ4n) is 2.89. The number of hydrogen-bond donors (Lipinski definition) is 1. The van der Waals surface area contributed by atoms with Crippen LogP contribution in [0.3, 0.4) is 0 Å². The molecule has 26 heavy (non-hydrogen) atoms. The Kier molecular flexibility index (Phi) is 5.36. The zero-order valence-corrected chi connectivity index (χ0v) is 15.4. The molecule has 2 atom stereocenters. The van der Waals surface area contributed by atoms with Gasteiger partial charge in [0.1, 0.15) is 0 Å². The van der Waals surface area contributed by atoms with Gasteiger partial charge in [0.05, 0.1) is 17.1 Å². The maximum atomic E-state index is 12.8. The number of carbonyl (C=O) groups is 1. The summed E-state index contributed by atoms with van der Waals surface area (Å²) in [6, 6.07) is 9.38. The standard InChI is InChI=1S/C18H21N3O4S/c1-13-11-21(12-14(2)25-13)26(23,24)17-5-3-16(4-6-17)20-18(22)15-7-9-19-10-8-15/h3-10,13-14H,11-12H2,1-2H3,(H,20,22)/t13-,14-/m1/s1. The van der Waals surface area contributed by atoms with Crippen LogP contribution >= 0.6 is 0 Å². The van der Waals surface area contributed by atoms with Crippen LogP contribution < -0.4 is 5.32 Å². The van der Waals surface area contributed by atoms with Gasteiger partial charge in [0.2, 0.25) is 10.0 Å². The molecule has 1 amide bonds. The van der Waals surface area contributed by atoms with Gasteiger partial charge in [0.25, 0.3) is 5.91 Å². The monoisotopic (exact) mass is 375 g/mol. The molecule has 1 N–H and O–H groups in total. The number of morpholine rings is 1. The van der Waals surface area contributed by atoms with Gasteiger partial charge in [-0.1, -0.05) is 0 Å². The fourth-order valence-corrected chi connectivity index (χ4v) is 4.48. The van der Waals surface area contributed by atoms with Gasteiger partial charge in [0, 0.05) is 36.7 Å². The molecular formula is C18H21N3O4S. The van der Waals surface area contributed by atoms with E-state index in [4.69, 9.17) is 4.74 Å². The summed E-state index contributed by atoms with van der Waals surface area (Å²) < 4.78 is 32.7. The molecule has 1 aromatic carbocycles. The van der Waals surface area contributed by atoms with Crippen molar-refractivity contribution in [1.82, 2.24) is 9.29 Å². The molecule has 1 aromatic heterocycles. The molecule has 2 heterocycles. The second kappa shape index (κ2) is 7.53. The summed E-state index contributed by atoms with van der Waals surface area (Å²) in [4.78, 5) is 16.2. The number of benzene rings is 1. The number of hydrogen-bond acceptors (Lipinski definition) is 5. The van der Waals surface area contributed by atoms with Crippen LogP contribution in [0, 0.1) is 0 Å². The molecule has 1 saturated heterocycles. The van der Waals surface area contributed by atoms with Crippen molar-refractivity contribution in [2.45, 2.75) is 31.0 Å². The molecule has 1 aliphatic heterocycles. The summed E-state index contributed by atoms with van der Waals surface area (Å²) in [5.74, 6) is -0.279.